The summed E-state index contributed by atoms with van der Waals surface area (Å²) in [6.45, 7) is 0. The van der Waals surface area contributed by atoms with Gasteiger partial charge in [-0.1, -0.05) is 35.9 Å². The second kappa shape index (κ2) is 4.27. The van der Waals surface area contributed by atoms with Crippen LogP contribution in [0.3, 0.4) is 0 Å². The van der Waals surface area contributed by atoms with E-state index in [1.54, 1.807) is 10.9 Å². The molecule has 0 aliphatic carbocycles. The third-order valence-electron chi connectivity index (χ3n) is 2.61. The van der Waals surface area contributed by atoms with Gasteiger partial charge in [-0.3, -0.25) is 4.68 Å². The molecule has 0 aliphatic heterocycles. The number of fused-ring (bicyclic) bond motifs is 1. The third-order valence-corrected chi connectivity index (χ3v) is 2.89. The van der Waals surface area contributed by atoms with Crippen molar-refractivity contribution in [1.29, 1.82) is 0 Å². The lowest BCUT2D eigenvalue weighted by Gasteiger charge is -2.06. The Balaban J connectivity index is 2.09. The molecule has 1 N–H and O–H groups in total. The summed E-state index contributed by atoms with van der Waals surface area (Å²) in [6, 6.07) is 7.73. The molecule has 0 radical (unpaired) electrons. The maximum Gasteiger partial charge on any atom is 0.161 e. The topological polar surface area (TPSA) is 55.6 Å². The first-order valence-electron chi connectivity index (χ1n) is 5.40. The van der Waals surface area contributed by atoms with Gasteiger partial charge >= 0.3 is 0 Å². The highest BCUT2D eigenvalue weighted by molar-refractivity contribution is 6.34. The molecule has 1 aromatic carbocycles. The summed E-state index contributed by atoms with van der Waals surface area (Å²) in [5.41, 5.74) is 0.860. The van der Waals surface area contributed by atoms with Crippen molar-refractivity contribution in [2.45, 2.75) is 0 Å². The SMILES string of the molecule is Cn1cc(Nc2nnc(Cl)c3ccccc23)cn1. The van der Waals surface area contributed by atoms with E-state index >= 15 is 0 Å². The number of nitrogens with one attached hydrogen (secondary N) is 1. The monoisotopic (exact) mass is 259 g/mol. The summed E-state index contributed by atoms with van der Waals surface area (Å²) in [5, 5.41) is 17.5. The third kappa shape index (κ3) is 1.89. The van der Waals surface area contributed by atoms with E-state index in [0.717, 1.165) is 16.5 Å². The van der Waals surface area contributed by atoms with Crippen LogP contribution < -0.4 is 5.32 Å². The van der Waals surface area contributed by atoms with Crippen LogP contribution in [0.5, 0.6) is 0 Å². The van der Waals surface area contributed by atoms with Crippen molar-refractivity contribution in [2.75, 3.05) is 5.32 Å². The van der Waals surface area contributed by atoms with E-state index in [4.69, 9.17) is 11.6 Å². The Labute approximate surface area is 108 Å². The number of nitrogens with zero attached hydrogens (tertiary/aromatic N) is 4. The average Bonchev–Trinajstić information content (AvgIpc) is 2.79. The van der Waals surface area contributed by atoms with Crippen LogP contribution in [-0.4, -0.2) is 20.0 Å². The summed E-state index contributed by atoms with van der Waals surface area (Å²) in [4.78, 5) is 0. The van der Waals surface area contributed by atoms with Crippen molar-refractivity contribution in [1.82, 2.24) is 20.0 Å². The highest BCUT2D eigenvalue weighted by atomic mass is 35.5. The van der Waals surface area contributed by atoms with Crippen LogP contribution in [0.15, 0.2) is 36.7 Å². The predicted octanol–water partition coefficient (Wildman–Crippen LogP) is 2.76. The van der Waals surface area contributed by atoms with Gasteiger partial charge < -0.3 is 5.32 Å². The van der Waals surface area contributed by atoms with E-state index in [9.17, 15) is 0 Å². The molecule has 0 aliphatic rings. The average molecular weight is 260 g/mol. The predicted molar refractivity (Wildman–Crippen MR) is 71.0 cm³/mol. The van der Waals surface area contributed by atoms with Gasteiger partial charge in [-0.05, 0) is 0 Å². The number of anilines is 2. The molecule has 90 valence electrons. The largest absolute Gasteiger partial charge is 0.336 e. The van der Waals surface area contributed by atoms with Crippen LogP contribution in [0.4, 0.5) is 11.5 Å². The van der Waals surface area contributed by atoms with Gasteiger partial charge in [-0.15, -0.1) is 10.2 Å². The molecule has 0 saturated carbocycles. The van der Waals surface area contributed by atoms with Crippen molar-refractivity contribution in [3.63, 3.8) is 0 Å². The summed E-state index contributed by atoms with van der Waals surface area (Å²) < 4.78 is 1.72. The molecule has 2 heterocycles. The van der Waals surface area contributed by atoms with Gasteiger partial charge in [0, 0.05) is 24.0 Å². The van der Waals surface area contributed by atoms with Gasteiger partial charge in [0.15, 0.2) is 11.0 Å². The van der Waals surface area contributed by atoms with Crippen molar-refractivity contribution >= 4 is 33.9 Å². The van der Waals surface area contributed by atoms with Crippen molar-refractivity contribution < 1.29 is 0 Å². The Morgan fingerprint density at radius 3 is 2.67 bits per heavy atom. The van der Waals surface area contributed by atoms with E-state index in [1.165, 1.54) is 0 Å². The Morgan fingerprint density at radius 2 is 1.94 bits per heavy atom. The zero-order valence-corrected chi connectivity index (χ0v) is 10.4. The van der Waals surface area contributed by atoms with Gasteiger partial charge in [0.1, 0.15) is 0 Å². The fourth-order valence-electron chi connectivity index (χ4n) is 1.79. The molecule has 0 bridgehead atoms. The number of aromatic nitrogens is 4. The zero-order chi connectivity index (χ0) is 12.5. The molecule has 0 amide bonds. The van der Waals surface area contributed by atoms with Crippen LogP contribution in [0.2, 0.25) is 5.15 Å². The molecule has 18 heavy (non-hydrogen) atoms. The molecule has 6 heteroatoms. The fraction of sp³-hybridized carbons (Fsp3) is 0.0833. The highest BCUT2D eigenvalue weighted by Crippen LogP contribution is 2.27. The van der Waals surface area contributed by atoms with E-state index in [1.807, 2.05) is 37.5 Å². The van der Waals surface area contributed by atoms with Crippen molar-refractivity contribution in [3.8, 4) is 0 Å². The lowest BCUT2D eigenvalue weighted by Crippen LogP contribution is -1.96. The standard InChI is InChI=1S/C12H10ClN5/c1-18-7-8(6-14-18)15-12-10-5-3-2-4-9(10)11(13)16-17-12/h2-7H,1H3,(H,15,17). The Bertz CT molecular complexity index is 707. The number of hydrogen-bond acceptors (Lipinski definition) is 4. The summed E-state index contributed by atoms with van der Waals surface area (Å²) >= 11 is 6.02. The van der Waals surface area contributed by atoms with Crippen LogP contribution in [0, 0.1) is 0 Å². The first-order valence-corrected chi connectivity index (χ1v) is 5.78. The normalized spacial score (nSPS) is 10.8. The lowest BCUT2D eigenvalue weighted by atomic mass is 10.2. The number of halogens is 1. The van der Waals surface area contributed by atoms with Gasteiger partial charge in [-0.2, -0.15) is 5.10 Å². The fourth-order valence-corrected chi connectivity index (χ4v) is 1.99. The minimum Gasteiger partial charge on any atom is -0.336 e. The summed E-state index contributed by atoms with van der Waals surface area (Å²) in [6.07, 6.45) is 3.59. The van der Waals surface area contributed by atoms with Crippen molar-refractivity contribution in [2.24, 2.45) is 7.05 Å². The van der Waals surface area contributed by atoms with Gasteiger partial charge in [0.05, 0.1) is 11.9 Å². The maximum atomic E-state index is 6.02. The van der Waals surface area contributed by atoms with Crippen LogP contribution in [0.1, 0.15) is 0 Å². The zero-order valence-electron chi connectivity index (χ0n) is 9.63. The number of hydrogen-bond donors (Lipinski definition) is 1. The molecule has 0 saturated heterocycles. The quantitative estimate of drug-likeness (QED) is 0.769. The molecule has 3 aromatic rings. The lowest BCUT2D eigenvalue weighted by molar-refractivity contribution is 0.768. The Morgan fingerprint density at radius 1 is 1.17 bits per heavy atom. The second-order valence-corrected chi connectivity index (χ2v) is 4.27. The summed E-state index contributed by atoms with van der Waals surface area (Å²) in [7, 11) is 1.86. The first-order chi connectivity index (χ1) is 8.74. The van der Waals surface area contributed by atoms with Crippen LogP contribution in [0.25, 0.3) is 10.8 Å². The van der Waals surface area contributed by atoms with E-state index in [0.29, 0.717) is 11.0 Å². The smallest absolute Gasteiger partial charge is 0.161 e. The maximum absolute atomic E-state index is 6.02. The molecule has 0 spiro atoms. The molecule has 0 atom stereocenters. The minimum atomic E-state index is 0.405. The molecular weight excluding hydrogens is 250 g/mol. The van der Waals surface area contributed by atoms with E-state index in [2.05, 4.69) is 20.6 Å². The van der Waals surface area contributed by atoms with Gasteiger partial charge in [-0.25, -0.2) is 0 Å². The second-order valence-electron chi connectivity index (χ2n) is 3.91. The molecule has 2 aromatic heterocycles. The van der Waals surface area contributed by atoms with E-state index in [-0.39, 0.29) is 0 Å². The van der Waals surface area contributed by atoms with E-state index < -0.39 is 0 Å². The molecule has 0 unspecified atom stereocenters. The van der Waals surface area contributed by atoms with Crippen molar-refractivity contribution in [3.05, 3.63) is 41.8 Å². The molecular formula is C12H10ClN5. The van der Waals surface area contributed by atoms with Crippen LogP contribution in [-0.2, 0) is 7.05 Å². The Hall–Kier alpha value is -2.14. The van der Waals surface area contributed by atoms with Gasteiger partial charge in [0.2, 0.25) is 0 Å². The molecule has 3 rings (SSSR count). The number of rotatable bonds is 2. The number of aryl methyl sites for hydroxylation is 1. The molecule has 0 fully saturated rings. The Kier molecular flexibility index (Phi) is 2.60. The summed E-state index contributed by atoms with van der Waals surface area (Å²) in [5.74, 6) is 0.669. The minimum absolute atomic E-state index is 0.405. The number of benzene rings is 1. The first kappa shape index (κ1) is 11.0. The molecule has 5 nitrogen and oxygen atoms in total. The highest BCUT2D eigenvalue weighted by Gasteiger charge is 2.07. The van der Waals surface area contributed by atoms with Gasteiger partial charge in [0.25, 0.3) is 0 Å². The van der Waals surface area contributed by atoms with Crippen LogP contribution >= 0.6 is 11.6 Å².